The highest BCUT2D eigenvalue weighted by Crippen LogP contribution is 2.30. The molecule has 0 aliphatic carbocycles. The van der Waals surface area contributed by atoms with E-state index in [0.29, 0.717) is 22.1 Å². The van der Waals surface area contributed by atoms with Gasteiger partial charge < -0.3 is 5.32 Å². The minimum absolute atomic E-state index is 0.0470. The second-order valence-corrected chi connectivity index (χ2v) is 8.48. The summed E-state index contributed by atoms with van der Waals surface area (Å²) in [6.45, 7) is 1.69. The number of anilines is 3. The Balaban J connectivity index is 1.77. The molecule has 0 saturated carbocycles. The summed E-state index contributed by atoms with van der Waals surface area (Å²) in [4.78, 5) is 15.1. The van der Waals surface area contributed by atoms with Crippen molar-refractivity contribution in [2.24, 2.45) is 0 Å². The van der Waals surface area contributed by atoms with Gasteiger partial charge in [-0.3, -0.25) is 14.8 Å². The largest absolute Gasteiger partial charge is 0.331 e. The van der Waals surface area contributed by atoms with Crippen molar-refractivity contribution < 1.29 is 13.3 Å². The van der Waals surface area contributed by atoms with Crippen LogP contribution in [0.25, 0.3) is 11.3 Å². The summed E-state index contributed by atoms with van der Waals surface area (Å²) in [6.07, 6.45) is 1.09. The number of rotatable bonds is 6. The first kappa shape index (κ1) is 18.8. The van der Waals surface area contributed by atoms with Crippen molar-refractivity contribution in [1.82, 2.24) is 4.98 Å². The van der Waals surface area contributed by atoms with Crippen LogP contribution in [0, 0.1) is 17.0 Å². The van der Waals surface area contributed by atoms with Crippen LogP contribution in [-0.4, -0.2) is 24.6 Å². The Bertz CT molecular complexity index is 1090. The quantitative estimate of drug-likeness (QED) is 0.471. The molecule has 3 aromatic rings. The number of benzene rings is 2. The topological polar surface area (TPSA) is 114 Å². The van der Waals surface area contributed by atoms with Crippen LogP contribution in [0.1, 0.15) is 5.56 Å². The van der Waals surface area contributed by atoms with E-state index < -0.39 is 14.9 Å². The van der Waals surface area contributed by atoms with Gasteiger partial charge in [0.15, 0.2) is 5.13 Å². The second-order valence-electron chi connectivity index (χ2n) is 5.87. The van der Waals surface area contributed by atoms with Gasteiger partial charge in [-0.05, 0) is 25.1 Å². The van der Waals surface area contributed by atoms with E-state index in [9.17, 15) is 18.5 Å². The van der Waals surface area contributed by atoms with Crippen LogP contribution in [-0.2, 0) is 10.0 Å². The smallest absolute Gasteiger partial charge is 0.274 e. The molecule has 2 N–H and O–H groups in total. The predicted octanol–water partition coefficient (Wildman–Crippen LogP) is 4.14. The molecule has 10 heteroatoms. The molecule has 27 heavy (non-hydrogen) atoms. The lowest BCUT2D eigenvalue weighted by molar-refractivity contribution is -0.385. The third-order valence-electron chi connectivity index (χ3n) is 3.65. The Labute approximate surface area is 160 Å². The molecule has 0 radical (unpaired) electrons. The third-order valence-corrected chi connectivity index (χ3v) is 5.01. The summed E-state index contributed by atoms with van der Waals surface area (Å²) >= 11 is 1.37. The molecular formula is C17H16N4O4S2. The molecule has 0 spiro atoms. The first-order valence-electron chi connectivity index (χ1n) is 7.77. The maximum atomic E-state index is 11.2. The van der Waals surface area contributed by atoms with E-state index in [4.69, 9.17) is 0 Å². The fourth-order valence-corrected chi connectivity index (χ4v) is 3.70. The molecule has 140 valence electrons. The number of nitro groups is 1. The lowest BCUT2D eigenvalue weighted by atomic mass is 10.1. The summed E-state index contributed by atoms with van der Waals surface area (Å²) in [5, 5.41) is 16.6. The molecule has 1 aromatic heterocycles. The molecular weight excluding hydrogens is 388 g/mol. The van der Waals surface area contributed by atoms with Crippen LogP contribution in [0.5, 0.6) is 0 Å². The lowest BCUT2D eigenvalue weighted by Crippen LogP contribution is -2.09. The van der Waals surface area contributed by atoms with Crippen LogP contribution in [0.4, 0.5) is 22.2 Å². The molecule has 0 amide bonds. The number of nitro benzene ring substituents is 1. The SMILES string of the molecule is Cc1ccc(Nc2nc(-c3ccc(NS(C)(=O)=O)cc3)cs2)cc1[N+](=O)[O-]. The van der Waals surface area contributed by atoms with E-state index in [1.807, 2.05) is 5.38 Å². The predicted molar refractivity (Wildman–Crippen MR) is 107 cm³/mol. The van der Waals surface area contributed by atoms with Gasteiger partial charge in [0.25, 0.3) is 5.69 Å². The number of hydrogen-bond donors (Lipinski definition) is 2. The van der Waals surface area contributed by atoms with Crippen molar-refractivity contribution >= 4 is 43.6 Å². The van der Waals surface area contributed by atoms with Gasteiger partial charge in [0.2, 0.25) is 10.0 Å². The highest BCUT2D eigenvalue weighted by atomic mass is 32.2. The van der Waals surface area contributed by atoms with E-state index in [0.717, 1.165) is 17.5 Å². The minimum atomic E-state index is -3.32. The Morgan fingerprint density at radius 3 is 2.41 bits per heavy atom. The molecule has 0 atom stereocenters. The zero-order valence-corrected chi connectivity index (χ0v) is 16.1. The van der Waals surface area contributed by atoms with E-state index in [1.165, 1.54) is 17.4 Å². The molecule has 0 fully saturated rings. The summed E-state index contributed by atoms with van der Waals surface area (Å²) in [6, 6.07) is 11.8. The number of thiazole rings is 1. The molecule has 0 aliphatic heterocycles. The van der Waals surface area contributed by atoms with Gasteiger partial charge in [0.1, 0.15) is 0 Å². The van der Waals surface area contributed by atoms with Crippen LogP contribution in [0.3, 0.4) is 0 Å². The first-order valence-corrected chi connectivity index (χ1v) is 10.5. The van der Waals surface area contributed by atoms with Crippen LogP contribution >= 0.6 is 11.3 Å². The number of aryl methyl sites for hydroxylation is 1. The Hall–Kier alpha value is -2.98. The summed E-state index contributed by atoms with van der Waals surface area (Å²) in [5.41, 5.74) is 3.24. The highest BCUT2D eigenvalue weighted by Gasteiger charge is 2.12. The van der Waals surface area contributed by atoms with E-state index in [-0.39, 0.29) is 5.69 Å². The first-order chi connectivity index (χ1) is 12.7. The summed E-state index contributed by atoms with van der Waals surface area (Å²) in [5.74, 6) is 0. The molecule has 2 aromatic carbocycles. The van der Waals surface area contributed by atoms with Gasteiger partial charge in [0, 0.05) is 33.9 Å². The van der Waals surface area contributed by atoms with E-state index in [2.05, 4.69) is 15.0 Å². The van der Waals surface area contributed by atoms with E-state index >= 15 is 0 Å². The van der Waals surface area contributed by atoms with E-state index in [1.54, 1.807) is 43.3 Å². The maximum Gasteiger partial charge on any atom is 0.274 e. The van der Waals surface area contributed by atoms with Gasteiger partial charge in [0.05, 0.1) is 16.9 Å². The zero-order chi connectivity index (χ0) is 19.6. The van der Waals surface area contributed by atoms with Crippen molar-refractivity contribution in [3.05, 3.63) is 63.5 Å². The van der Waals surface area contributed by atoms with Crippen LogP contribution < -0.4 is 10.0 Å². The molecule has 0 unspecified atom stereocenters. The average molecular weight is 404 g/mol. The maximum absolute atomic E-state index is 11.2. The monoisotopic (exact) mass is 404 g/mol. The number of hydrogen-bond acceptors (Lipinski definition) is 7. The minimum Gasteiger partial charge on any atom is -0.331 e. The number of sulfonamides is 1. The number of aromatic nitrogens is 1. The van der Waals surface area contributed by atoms with Gasteiger partial charge in [-0.2, -0.15) is 0 Å². The van der Waals surface area contributed by atoms with Gasteiger partial charge >= 0.3 is 0 Å². The molecule has 8 nitrogen and oxygen atoms in total. The number of nitrogens with zero attached hydrogens (tertiary/aromatic N) is 2. The summed E-state index contributed by atoms with van der Waals surface area (Å²) < 4.78 is 24.9. The van der Waals surface area contributed by atoms with Crippen molar-refractivity contribution in [2.75, 3.05) is 16.3 Å². The molecule has 3 rings (SSSR count). The zero-order valence-electron chi connectivity index (χ0n) is 14.5. The van der Waals surface area contributed by atoms with Crippen LogP contribution in [0.15, 0.2) is 47.8 Å². The van der Waals surface area contributed by atoms with Gasteiger partial charge in [-0.15, -0.1) is 11.3 Å². The molecule has 1 heterocycles. The van der Waals surface area contributed by atoms with Crippen molar-refractivity contribution in [1.29, 1.82) is 0 Å². The van der Waals surface area contributed by atoms with Crippen molar-refractivity contribution in [3.63, 3.8) is 0 Å². The highest BCUT2D eigenvalue weighted by molar-refractivity contribution is 7.92. The van der Waals surface area contributed by atoms with Crippen LogP contribution in [0.2, 0.25) is 0 Å². The summed E-state index contributed by atoms with van der Waals surface area (Å²) in [7, 11) is -3.32. The van der Waals surface area contributed by atoms with Gasteiger partial charge in [-0.1, -0.05) is 18.2 Å². The normalized spacial score (nSPS) is 11.2. The Kier molecular flexibility index (Phi) is 5.10. The number of nitrogens with one attached hydrogen (secondary N) is 2. The Morgan fingerprint density at radius 2 is 1.78 bits per heavy atom. The standard InChI is InChI=1S/C17H16N4O4S2/c1-11-3-6-14(9-16(11)21(22)23)18-17-19-15(10-26-17)12-4-7-13(8-5-12)20-27(2,24)25/h3-10,20H,1-2H3,(H,18,19). The molecule has 0 bridgehead atoms. The lowest BCUT2D eigenvalue weighted by Gasteiger charge is -2.05. The average Bonchev–Trinajstić information content (AvgIpc) is 3.04. The van der Waals surface area contributed by atoms with Crippen molar-refractivity contribution in [3.8, 4) is 11.3 Å². The Morgan fingerprint density at radius 1 is 1.11 bits per heavy atom. The second kappa shape index (κ2) is 7.33. The molecule has 0 aliphatic rings. The molecule has 0 saturated heterocycles. The fourth-order valence-electron chi connectivity index (χ4n) is 2.39. The van der Waals surface area contributed by atoms with Crippen molar-refractivity contribution in [2.45, 2.75) is 6.92 Å². The van der Waals surface area contributed by atoms with Gasteiger partial charge in [-0.25, -0.2) is 13.4 Å². The fraction of sp³-hybridized carbons (Fsp3) is 0.118. The third kappa shape index (κ3) is 4.80.